The van der Waals surface area contributed by atoms with E-state index in [0.717, 1.165) is 30.3 Å². The lowest BCUT2D eigenvalue weighted by atomic mass is 10.1. The summed E-state index contributed by atoms with van der Waals surface area (Å²) in [4.78, 5) is 11.7. The molecular formula is C20H20ClF3N2O5S2. The fraction of sp³-hybridized carbons (Fsp3) is 0.350. The van der Waals surface area contributed by atoms with Crippen LogP contribution in [0.5, 0.6) is 0 Å². The predicted molar refractivity (Wildman–Crippen MR) is 114 cm³/mol. The molecule has 2 aromatic carbocycles. The largest absolute Gasteiger partial charge is 0.417 e. The van der Waals surface area contributed by atoms with E-state index in [1.54, 1.807) is 0 Å². The zero-order valence-corrected chi connectivity index (χ0v) is 19.5. The Hall–Kier alpha value is -2.15. The second kappa shape index (κ2) is 9.61. The van der Waals surface area contributed by atoms with Gasteiger partial charge >= 0.3 is 6.18 Å². The maximum Gasteiger partial charge on any atom is 0.417 e. The van der Waals surface area contributed by atoms with Crippen LogP contribution in [0, 0.1) is 0 Å². The summed E-state index contributed by atoms with van der Waals surface area (Å²) in [7, 11) is -10.0. The fourth-order valence-corrected chi connectivity index (χ4v) is 8.12. The Kier molecular flexibility index (Phi) is 7.42. The number of rotatable bonds is 6. The van der Waals surface area contributed by atoms with Crippen molar-refractivity contribution in [2.75, 3.05) is 19.0 Å². The van der Waals surface area contributed by atoms with Gasteiger partial charge < -0.3 is 4.90 Å². The summed E-state index contributed by atoms with van der Waals surface area (Å²) in [6.45, 7) is -0.106. The van der Waals surface area contributed by atoms with Crippen LogP contribution < -0.4 is 0 Å². The van der Waals surface area contributed by atoms with Gasteiger partial charge in [-0.3, -0.25) is 4.79 Å². The van der Waals surface area contributed by atoms with E-state index in [2.05, 4.69) is 0 Å². The van der Waals surface area contributed by atoms with Gasteiger partial charge in [0.05, 0.1) is 21.4 Å². The van der Waals surface area contributed by atoms with Gasteiger partial charge in [0.15, 0.2) is 0 Å². The van der Waals surface area contributed by atoms with E-state index >= 15 is 0 Å². The molecule has 1 atom stereocenters. The van der Waals surface area contributed by atoms with Gasteiger partial charge in [-0.2, -0.15) is 13.2 Å². The van der Waals surface area contributed by atoms with Crippen LogP contribution in [0.4, 0.5) is 13.2 Å². The molecule has 1 fully saturated rings. The van der Waals surface area contributed by atoms with Gasteiger partial charge in [-0.05, 0) is 37.1 Å². The third-order valence-electron chi connectivity index (χ3n) is 5.15. The Bertz CT molecular complexity index is 1220. The quantitative estimate of drug-likeness (QED) is 0.541. The molecule has 7 nitrogen and oxygen atoms in total. The minimum atomic E-state index is -5.22. The van der Waals surface area contributed by atoms with Crippen molar-refractivity contribution >= 4 is 37.6 Å². The van der Waals surface area contributed by atoms with Crippen LogP contribution in [-0.4, -0.2) is 56.4 Å². The number of amides is 1. The third-order valence-corrected chi connectivity index (χ3v) is 9.88. The first-order valence-corrected chi connectivity index (χ1v) is 13.2. The highest BCUT2D eigenvalue weighted by Crippen LogP contribution is 2.38. The van der Waals surface area contributed by atoms with Crippen molar-refractivity contribution in [1.82, 2.24) is 8.61 Å². The Morgan fingerprint density at radius 1 is 1.00 bits per heavy atom. The molecule has 0 bridgehead atoms. The number of halogens is 4. The van der Waals surface area contributed by atoms with Gasteiger partial charge in [0.25, 0.3) is 20.0 Å². The number of hydrogen-bond donors (Lipinski definition) is 0. The number of nitrogens with zero attached hydrogens (tertiary/aromatic N) is 2. The summed E-state index contributed by atoms with van der Waals surface area (Å²) in [6, 6.07) is 8.62. The topological polar surface area (TPSA) is 91.8 Å². The number of carbonyl (C=O) groups is 1. The highest BCUT2D eigenvalue weighted by atomic mass is 35.5. The lowest BCUT2D eigenvalue weighted by molar-refractivity contribution is -0.139. The molecule has 33 heavy (non-hydrogen) atoms. The fourth-order valence-electron chi connectivity index (χ4n) is 3.68. The molecule has 0 radical (unpaired) electrons. The number of sulfonamides is 2. The van der Waals surface area contributed by atoms with Crippen LogP contribution in [0.25, 0.3) is 0 Å². The molecule has 0 aromatic heterocycles. The molecule has 180 valence electrons. The zero-order chi connectivity index (χ0) is 24.4. The molecule has 1 unspecified atom stereocenters. The van der Waals surface area contributed by atoms with E-state index in [1.807, 2.05) is 0 Å². The molecular weight excluding hydrogens is 505 g/mol. The predicted octanol–water partition coefficient (Wildman–Crippen LogP) is 3.31. The normalized spacial score (nSPS) is 17.8. The number of carbonyl (C=O) groups excluding carboxylic acids is 1. The smallest absolute Gasteiger partial charge is 0.340 e. The molecule has 1 amide bonds. The highest BCUT2D eigenvalue weighted by Gasteiger charge is 2.47. The molecule has 3 rings (SSSR count). The molecule has 1 saturated heterocycles. The maximum absolute atomic E-state index is 13.6. The van der Waals surface area contributed by atoms with E-state index in [4.69, 9.17) is 11.6 Å². The minimum Gasteiger partial charge on any atom is -0.340 e. The molecule has 13 heteroatoms. The highest BCUT2D eigenvalue weighted by molar-refractivity contribution is 8.04. The summed E-state index contributed by atoms with van der Waals surface area (Å²) in [6.07, 6.45) is -4.78. The van der Waals surface area contributed by atoms with E-state index < -0.39 is 59.4 Å². The van der Waals surface area contributed by atoms with Crippen molar-refractivity contribution in [3.8, 4) is 0 Å². The average molecular weight is 525 g/mol. The Labute approximate surface area is 194 Å². The molecule has 1 aliphatic rings. The summed E-state index contributed by atoms with van der Waals surface area (Å²) >= 11 is 5.59. The van der Waals surface area contributed by atoms with Crippen LogP contribution in [0.15, 0.2) is 64.4 Å². The first kappa shape index (κ1) is 25.5. The summed E-state index contributed by atoms with van der Waals surface area (Å²) in [5.74, 6) is -0.937. The molecule has 1 aliphatic heterocycles. The standard InChI is InChI=1S/C20H20ClF3N2O5S2/c21-13-19(27)25-12-6-7-15(14-25)26(32(28,29)16-8-2-1-3-9-16)33(30,31)18-11-5-4-10-17(18)20(22,23)24/h1-5,8-11,15H,6-7,12-14H2. The lowest BCUT2D eigenvalue weighted by Gasteiger charge is -2.38. The third kappa shape index (κ3) is 5.18. The van der Waals surface area contributed by atoms with E-state index in [9.17, 15) is 34.8 Å². The number of piperidine rings is 1. The van der Waals surface area contributed by atoms with Gasteiger partial charge in [0.2, 0.25) is 5.91 Å². The molecule has 0 aliphatic carbocycles. The van der Waals surface area contributed by atoms with Crippen LogP contribution >= 0.6 is 11.6 Å². The van der Waals surface area contributed by atoms with E-state index in [1.165, 1.54) is 23.1 Å². The summed E-state index contributed by atoms with van der Waals surface area (Å²) in [5.41, 5.74) is -1.48. The van der Waals surface area contributed by atoms with Crippen LogP contribution in [0.1, 0.15) is 18.4 Å². The Morgan fingerprint density at radius 3 is 2.21 bits per heavy atom. The Balaban J connectivity index is 2.21. The first-order chi connectivity index (χ1) is 15.4. The van der Waals surface area contributed by atoms with Crippen molar-refractivity contribution in [3.63, 3.8) is 0 Å². The lowest BCUT2D eigenvalue weighted by Crippen LogP contribution is -2.53. The summed E-state index contributed by atoms with van der Waals surface area (Å²) in [5, 5.41) is 0. The van der Waals surface area contributed by atoms with Gasteiger partial charge in [0.1, 0.15) is 5.88 Å². The molecule has 1 heterocycles. The molecule has 0 N–H and O–H groups in total. The number of hydrogen-bond acceptors (Lipinski definition) is 5. The van der Waals surface area contributed by atoms with Crippen LogP contribution in [0.3, 0.4) is 0 Å². The summed E-state index contributed by atoms with van der Waals surface area (Å²) < 4.78 is 95.1. The van der Waals surface area contributed by atoms with Gasteiger partial charge in [-0.25, -0.2) is 16.8 Å². The number of benzene rings is 2. The maximum atomic E-state index is 13.6. The van der Waals surface area contributed by atoms with Crippen molar-refractivity contribution in [2.45, 2.75) is 34.9 Å². The van der Waals surface area contributed by atoms with Crippen molar-refractivity contribution in [1.29, 1.82) is 0 Å². The Morgan fingerprint density at radius 2 is 1.61 bits per heavy atom. The number of likely N-dealkylation sites (tertiary alicyclic amines) is 1. The van der Waals surface area contributed by atoms with Crippen molar-refractivity contribution < 1.29 is 34.8 Å². The average Bonchev–Trinajstić information content (AvgIpc) is 2.78. The zero-order valence-electron chi connectivity index (χ0n) is 17.1. The van der Waals surface area contributed by atoms with Crippen LogP contribution in [0.2, 0.25) is 0 Å². The van der Waals surface area contributed by atoms with E-state index in [-0.39, 0.29) is 29.6 Å². The van der Waals surface area contributed by atoms with Crippen molar-refractivity contribution in [3.05, 3.63) is 60.2 Å². The number of alkyl halides is 4. The minimum absolute atomic E-state index is 0.0194. The molecule has 2 aromatic rings. The van der Waals surface area contributed by atoms with E-state index in [0.29, 0.717) is 6.07 Å². The van der Waals surface area contributed by atoms with Gasteiger partial charge in [0, 0.05) is 13.1 Å². The van der Waals surface area contributed by atoms with Crippen molar-refractivity contribution in [2.24, 2.45) is 0 Å². The SMILES string of the molecule is O=C(CCl)N1CCCC(N(S(=O)(=O)c2ccccc2)S(=O)(=O)c2ccccc2C(F)(F)F)C1. The first-order valence-electron chi connectivity index (χ1n) is 9.75. The van der Waals surface area contributed by atoms with Crippen LogP contribution in [-0.2, 0) is 31.0 Å². The molecule has 0 spiro atoms. The molecule has 0 saturated carbocycles. The second-order valence-corrected chi connectivity index (χ2v) is 11.4. The van der Waals surface area contributed by atoms with Gasteiger partial charge in [-0.15, -0.1) is 11.6 Å². The monoisotopic (exact) mass is 524 g/mol. The van der Waals surface area contributed by atoms with Gasteiger partial charge in [-0.1, -0.05) is 34.0 Å². The second-order valence-electron chi connectivity index (χ2n) is 7.31.